The van der Waals surface area contributed by atoms with Crippen molar-refractivity contribution in [3.05, 3.63) is 70.6 Å². The smallest absolute Gasteiger partial charge is 0.336 e. The van der Waals surface area contributed by atoms with E-state index in [9.17, 15) is 14.4 Å². The molecule has 1 aliphatic carbocycles. The minimum Gasteiger partial charge on any atom is -0.468 e. The summed E-state index contributed by atoms with van der Waals surface area (Å²) in [5.41, 5.74) is 5.33. The number of aryl methyl sites for hydroxylation is 1. The number of hydrogen-bond acceptors (Lipinski definition) is 7. The Hall–Kier alpha value is -3.52. The minimum atomic E-state index is -0.921. The first-order valence-electron chi connectivity index (χ1n) is 13.9. The third-order valence-electron chi connectivity index (χ3n) is 8.07. The third kappa shape index (κ3) is 4.72. The van der Waals surface area contributed by atoms with Crippen molar-refractivity contribution in [2.24, 2.45) is 11.8 Å². The zero-order valence-corrected chi connectivity index (χ0v) is 24.5. The summed E-state index contributed by atoms with van der Waals surface area (Å²) in [6.45, 7) is 9.03. The van der Waals surface area contributed by atoms with Crippen LogP contribution in [0.1, 0.15) is 45.6 Å². The molecule has 0 unspecified atom stereocenters. The highest BCUT2D eigenvalue weighted by Crippen LogP contribution is 2.46. The highest BCUT2D eigenvalue weighted by Gasteiger charge is 2.47. The van der Waals surface area contributed by atoms with Gasteiger partial charge in [0.15, 0.2) is 5.78 Å². The highest BCUT2D eigenvalue weighted by molar-refractivity contribution is 7.99. The lowest BCUT2D eigenvalue weighted by molar-refractivity contribution is -0.151. The lowest BCUT2D eigenvalue weighted by atomic mass is 9.69. The summed E-state index contributed by atoms with van der Waals surface area (Å²) in [4.78, 5) is 40.5. The van der Waals surface area contributed by atoms with E-state index in [0.29, 0.717) is 29.0 Å². The van der Waals surface area contributed by atoms with Crippen molar-refractivity contribution in [1.82, 2.24) is 9.88 Å². The molecule has 7 nitrogen and oxygen atoms in total. The van der Waals surface area contributed by atoms with Crippen LogP contribution in [0.25, 0.3) is 21.8 Å². The monoisotopic (exact) mass is 560 g/mol. The number of allylic oxidation sites excluding steroid dienone is 3. The van der Waals surface area contributed by atoms with E-state index in [1.54, 1.807) is 11.8 Å². The Morgan fingerprint density at radius 2 is 1.85 bits per heavy atom. The first-order valence-corrected chi connectivity index (χ1v) is 15.1. The average molecular weight is 561 g/mol. The molecule has 3 aromatic rings. The molecule has 1 aromatic heterocycles. The van der Waals surface area contributed by atoms with E-state index in [1.807, 2.05) is 32.0 Å². The number of aromatic nitrogens is 1. The average Bonchev–Trinajstić information content (AvgIpc) is 3.27. The van der Waals surface area contributed by atoms with Gasteiger partial charge in [-0.2, -0.15) is 11.8 Å². The number of ether oxygens (including phenoxy) is 2. The van der Waals surface area contributed by atoms with Crippen LogP contribution in [0.2, 0.25) is 0 Å². The van der Waals surface area contributed by atoms with Gasteiger partial charge in [-0.3, -0.25) is 9.59 Å². The van der Waals surface area contributed by atoms with Crippen LogP contribution in [0, 0.1) is 11.8 Å². The predicted molar refractivity (Wildman–Crippen MR) is 159 cm³/mol. The number of carbonyl (C=O) groups excluding carboxylic acids is 3. The number of benzene rings is 2. The second-order valence-corrected chi connectivity index (χ2v) is 11.8. The van der Waals surface area contributed by atoms with E-state index in [2.05, 4.69) is 48.0 Å². The van der Waals surface area contributed by atoms with Crippen LogP contribution in [-0.2, 0) is 30.4 Å². The number of ketones is 1. The Balaban J connectivity index is 1.68. The molecular weight excluding hydrogens is 524 g/mol. The Bertz CT molecular complexity index is 1570. The number of nitrogens with zero attached hydrogens (tertiary/aromatic N) is 1. The number of Topliss-reactive ketones (excluding diaryl/α,β-unsaturated/α-hetero) is 1. The lowest BCUT2D eigenvalue weighted by Gasteiger charge is -2.38. The molecule has 0 bridgehead atoms. The van der Waals surface area contributed by atoms with Gasteiger partial charge in [0.2, 0.25) is 0 Å². The van der Waals surface area contributed by atoms with Gasteiger partial charge in [0, 0.05) is 57.0 Å². The summed E-state index contributed by atoms with van der Waals surface area (Å²) in [6, 6.07) is 14.4. The molecule has 0 fully saturated rings. The molecule has 1 N–H and O–H groups in total. The molecule has 2 aromatic carbocycles. The zero-order valence-electron chi connectivity index (χ0n) is 23.7. The van der Waals surface area contributed by atoms with Gasteiger partial charge in [-0.25, -0.2) is 4.79 Å². The predicted octanol–water partition coefficient (Wildman–Crippen LogP) is 5.72. The van der Waals surface area contributed by atoms with Gasteiger partial charge in [0.05, 0.1) is 12.7 Å². The lowest BCUT2D eigenvalue weighted by Crippen LogP contribution is -2.43. The van der Waals surface area contributed by atoms with Crippen LogP contribution in [0.3, 0.4) is 0 Å². The summed E-state index contributed by atoms with van der Waals surface area (Å²) in [6.07, 6.45) is 0.502. The summed E-state index contributed by atoms with van der Waals surface area (Å²) < 4.78 is 13.0. The fourth-order valence-corrected chi connectivity index (χ4v) is 6.78. The molecule has 5 rings (SSSR count). The quantitative estimate of drug-likeness (QED) is 0.214. The molecule has 0 radical (unpaired) electrons. The SMILES string of the molecule is CCSCCOC(=O)C1=C(C)NC2=C(C(=O)[C@@H](C(=O)OC)[C@H](C)C2)[C@@H]1c1ccc2c(c1)c1ccccc1n2CC. The number of carbonyl (C=O) groups is 3. The topological polar surface area (TPSA) is 86.6 Å². The van der Waals surface area contributed by atoms with Crippen molar-refractivity contribution in [3.63, 3.8) is 0 Å². The molecule has 0 amide bonds. The van der Waals surface area contributed by atoms with Gasteiger partial charge in [-0.15, -0.1) is 0 Å². The highest BCUT2D eigenvalue weighted by atomic mass is 32.2. The Labute approximate surface area is 239 Å². The number of thioether (sulfide) groups is 1. The van der Waals surface area contributed by atoms with Gasteiger partial charge >= 0.3 is 11.9 Å². The van der Waals surface area contributed by atoms with E-state index in [4.69, 9.17) is 9.47 Å². The van der Waals surface area contributed by atoms with Crippen molar-refractivity contribution in [3.8, 4) is 0 Å². The summed E-state index contributed by atoms with van der Waals surface area (Å²) in [5.74, 6) is -1.47. The summed E-state index contributed by atoms with van der Waals surface area (Å²) in [7, 11) is 1.31. The van der Waals surface area contributed by atoms with Gasteiger partial charge in [0.25, 0.3) is 0 Å². The minimum absolute atomic E-state index is 0.232. The molecule has 1 aliphatic heterocycles. The normalized spacial score (nSPS) is 21.0. The first-order chi connectivity index (χ1) is 19.3. The molecular formula is C32H36N2O5S. The molecule has 3 atom stereocenters. The number of nitrogens with one attached hydrogen (secondary N) is 1. The standard InChI is InChI=1S/C32H36N2O5S/c1-6-34-24-11-9-8-10-21(24)22-17-20(12-13-25(22)34)28-27(32(37)39-14-15-40-7-2)19(4)33-23-16-18(3)26(31(36)38-5)30(35)29(23)28/h8-13,17-18,26,28,33H,6-7,14-16H2,1-5H3/t18-,26+,28-/m1/s1. The Kier molecular flexibility index (Phi) is 8.08. The van der Waals surface area contributed by atoms with E-state index < -0.39 is 23.8 Å². The summed E-state index contributed by atoms with van der Waals surface area (Å²) in [5, 5.41) is 5.51. The van der Waals surface area contributed by atoms with Crippen molar-refractivity contribution in [1.29, 1.82) is 0 Å². The largest absolute Gasteiger partial charge is 0.468 e. The van der Waals surface area contributed by atoms with Crippen LogP contribution in [0.4, 0.5) is 0 Å². The fourth-order valence-electron chi connectivity index (χ4n) is 6.29. The number of methoxy groups -OCH3 is 1. The second-order valence-electron chi connectivity index (χ2n) is 10.4. The van der Waals surface area contributed by atoms with Crippen molar-refractivity contribution >= 4 is 51.3 Å². The number of rotatable bonds is 8. The molecule has 2 heterocycles. The van der Waals surface area contributed by atoms with Crippen molar-refractivity contribution in [2.75, 3.05) is 25.2 Å². The van der Waals surface area contributed by atoms with E-state index in [-0.39, 0.29) is 18.3 Å². The number of dihydropyridines is 1. The van der Waals surface area contributed by atoms with Crippen LogP contribution in [0.5, 0.6) is 0 Å². The number of para-hydroxylation sites is 1. The second kappa shape index (κ2) is 11.5. The third-order valence-corrected chi connectivity index (χ3v) is 8.94. The maximum absolute atomic E-state index is 14.1. The maximum Gasteiger partial charge on any atom is 0.336 e. The van der Waals surface area contributed by atoms with E-state index in [1.165, 1.54) is 7.11 Å². The van der Waals surface area contributed by atoms with Crippen LogP contribution < -0.4 is 5.32 Å². The maximum atomic E-state index is 14.1. The molecule has 0 saturated carbocycles. The molecule has 40 heavy (non-hydrogen) atoms. The van der Waals surface area contributed by atoms with Crippen molar-refractivity contribution < 1.29 is 23.9 Å². The van der Waals surface area contributed by atoms with Crippen LogP contribution in [-0.4, -0.2) is 47.5 Å². The number of fused-ring (bicyclic) bond motifs is 3. The Morgan fingerprint density at radius 3 is 2.58 bits per heavy atom. The van der Waals surface area contributed by atoms with E-state index in [0.717, 1.165) is 45.4 Å². The first kappa shape index (κ1) is 28.0. The summed E-state index contributed by atoms with van der Waals surface area (Å²) >= 11 is 1.70. The molecule has 8 heteroatoms. The molecule has 0 saturated heterocycles. The number of hydrogen-bond donors (Lipinski definition) is 1. The van der Waals surface area contributed by atoms with Gasteiger partial charge in [-0.1, -0.05) is 38.1 Å². The molecule has 2 aliphatic rings. The molecule has 210 valence electrons. The Morgan fingerprint density at radius 1 is 1.10 bits per heavy atom. The van der Waals surface area contributed by atoms with Crippen molar-refractivity contribution in [2.45, 2.75) is 46.6 Å². The molecule has 0 spiro atoms. The zero-order chi connectivity index (χ0) is 28.6. The van der Waals surface area contributed by atoms with Gasteiger partial charge in [-0.05, 0) is 55.7 Å². The van der Waals surface area contributed by atoms with Gasteiger partial charge < -0.3 is 19.4 Å². The van der Waals surface area contributed by atoms with Gasteiger partial charge in [0.1, 0.15) is 12.5 Å². The van der Waals surface area contributed by atoms with Crippen LogP contribution in [0.15, 0.2) is 65.0 Å². The van der Waals surface area contributed by atoms with Crippen LogP contribution >= 0.6 is 11.8 Å². The number of esters is 2. The fraction of sp³-hybridized carbons (Fsp3) is 0.406. The van der Waals surface area contributed by atoms with E-state index >= 15 is 0 Å².